The molecule has 7 heteroatoms. The number of ether oxygens (including phenoxy) is 1. The Labute approximate surface area is 103 Å². The van der Waals surface area contributed by atoms with Crippen LogP contribution in [0.5, 0.6) is 0 Å². The van der Waals surface area contributed by atoms with Crippen molar-refractivity contribution in [2.24, 2.45) is 5.73 Å². The zero-order valence-electron chi connectivity index (χ0n) is 9.78. The fourth-order valence-corrected chi connectivity index (χ4v) is 2.04. The minimum Gasteiger partial charge on any atom is -0.462 e. The summed E-state index contributed by atoms with van der Waals surface area (Å²) >= 11 is 1.17. The Morgan fingerprint density at radius 1 is 1.53 bits per heavy atom. The van der Waals surface area contributed by atoms with Gasteiger partial charge in [0.05, 0.1) is 12.3 Å². The minimum absolute atomic E-state index is 0.208. The number of amides is 1. The van der Waals surface area contributed by atoms with Gasteiger partial charge in [0.2, 0.25) is 5.91 Å². The lowest BCUT2D eigenvalue weighted by atomic mass is 10.2. The van der Waals surface area contributed by atoms with E-state index in [1.165, 1.54) is 11.5 Å². The van der Waals surface area contributed by atoms with Crippen LogP contribution in [-0.2, 0) is 9.53 Å². The molecule has 3 N–H and O–H groups in total. The van der Waals surface area contributed by atoms with Crippen molar-refractivity contribution in [1.29, 1.82) is 0 Å². The normalized spacial score (nSPS) is 10.0. The van der Waals surface area contributed by atoms with E-state index in [1.54, 1.807) is 13.8 Å². The molecular formula is C10H15N3O3S. The number of aryl methyl sites for hydroxylation is 1. The molecule has 0 saturated heterocycles. The molecular weight excluding hydrogens is 242 g/mol. The van der Waals surface area contributed by atoms with Crippen LogP contribution in [0.3, 0.4) is 0 Å². The van der Waals surface area contributed by atoms with Crippen molar-refractivity contribution in [2.45, 2.75) is 20.3 Å². The molecule has 0 radical (unpaired) electrons. The van der Waals surface area contributed by atoms with Crippen LogP contribution in [-0.4, -0.2) is 29.4 Å². The van der Waals surface area contributed by atoms with E-state index in [4.69, 9.17) is 10.5 Å². The predicted molar refractivity (Wildman–Crippen MR) is 65.1 cm³/mol. The highest BCUT2D eigenvalue weighted by Crippen LogP contribution is 2.25. The molecule has 1 amide bonds. The molecule has 0 aliphatic carbocycles. The molecule has 0 spiro atoms. The van der Waals surface area contributed by atoms with Crippen LogP contribution in [0.25, 0.3) is 0 Å². The molecule has 94 valence electrons. The summed E-state index contributed by atoms with van der Waals surface area (Å²) in [5, 5.41) is 3.57. The minimum atomic E-state index is -0.402. The van der Waals surface area contributed by atoms with E-state index in [1.807, 2.05) is 0 Å². The Balaban J connectivity index is 2.72. The summed E-state index contributed by atoms with van der Waals surface area (Å²) in [7, 11) is 0. The van der Waals surface area contributed by atoms with Gasteiger partial charge < -0.3 is 15.8 Å². The summed E-state index contributed by atoms with van der Waals surface area (Å²) in [6.07, 6.45) is 0.208. The van der Waals surface area contributed by atoms with Crippen molar-refractivity contribution in [3.05, 3.63) is 11.3 Å². The Kier molecular flexibility index (Phi) is 4.89. The number of nitrogens with one attached hydrogen (secondary N) is 1. The van der Waals surface area contributed by atoms with Gasteiger partial charge in [-0.25, -0.2) is 4.79 Å². The van der Waals surface area contributed by atoms with Gasteiger partial charge in [-0.2, -0.15) is 4.37 Å². The van der Waals surface area contributed by atoms with Gasteiger partial charge in [0.15, 0.2) is 0 Å². The SMILES string of the molecule is CCOC(=O)c1c(C)nsc1NCCC(N)=O. The first-order valence-electron chi connectivity index (χ1n) is 5.21. The smallest absolute Gasteiger partial charge is 0.343 e. The van der Waals surface area contributed by atoms with Gasteiger partial charge in [0.1, 0.15) is 10.6 Å². The largest absolute Gasteiger partial charge is 0.462 e. The third-order valence-corrected chi connectivity index (χ3v) is 2.90. The maximum Gasteiger partial charge on any atom is 0.343 e. The lowest BCUT2D eigenvalue weighted by molar-refractivity contribution is -0.117. The van der Waals surface area contributed by atoms with E-state index in [-0.39, 0.29) is 6.42 Å². The Morgan fingerprint density at radius 2 is 2.24 bits per heavy atom. The molecule has 0 saturated carbocycles. The molecule has 1 aromatic rings. The van der Waals surface area contributed by atoms with Crippen LogP contribution in [0.15, 0.2) is 0 Å². The number of hydrogen-bond donors (Lipinski definition) is 2. The topological polar surface area (TPSA) is 94.3 Å². The number of aromatic nitrogens is 1. The van der Waals surface area contributed by atoms with E-state index in [0.29, 0.717) is 29.4 Å². The second kappa shape index (κ2) is 6.19. The Bertz CT molecular complexity index is 417. The second-order valence-electron chi connectivity index (χ2n) is 3.34. The van der Waals surface area contributed by atoms with Gasteiger partial charge in [-0.3, -0.25) is 4.79 Å². The van der Waals surface area contributed by atoms with E-state index in [0.717, 1.165) is 0 Å². The molecule has 0 aromatic carbocycles. The van der Waals surface area contributed by atoms with Crippen LogP contribution in [0, 0.1) is 6.92 Å². The van der Waals surface area contributed by atoms with E-state index in [2.05, 4.69) is 9.69 Å². The average Bonchev–Trinajstić information content (AvgIpc) is 2.60. The lowest BCUT2D eigenvalue weighted by Crippen LogP contribution is -2.16. The molecule has 1 heterocycles. The van der Waals surface area contributed by atoms with Crippen LogP contribution in [0.1, 0.15) is 29.4 Å². The Hall–Kier alpha value is -1.63. The first-order valence-corrected chi connectivity index (χ1v) is 5.99. The van der Waals surface area contributed by atoms with E-state index in [9.17, 15) is 9.59 Å². The predicted octanol–water partition coefficient (Wildman–Crippen LogP) is 0.916. The van der Waals surface area contributed by atoms with Crippen molar-refractivity contribution >= 4 is 28.4 Å². The van der Waals surface area contributed by atoms with Gasteiger partial charge in [-0.1, -0.05) is 0 Å². The average molecular weight is 257 g/mol. The standard InChI is InChI=1S/C10H15N3O3S/c1-3-16-10(15)8-6(2)13-17-9(8)12-5-4-7(11)14/h12H,3-5H2,1-2H3,(H2,11,14). The second-order valence-corrected chi connectivity index (χ2v) is 4.11. The first-order chi connectivity index (χ1) is 8.06. The third-order valence-electron chi connectivity index (χ3n) is 2.00. The summed E-state index contributed by atoms with van der Waals surface area (Å²) in [6, 6.07) is 0. The first kappa shape index (κ1) is 13.4. The van der Waals surface area contributed by atoms with Gasteiger partial charge in [-0.05, 0) is 25.4 Å². The number of primary amides is 1. The van der Waals surface area contributed by atoms with Crippen molar-refractivity contribution in [3.63, 3.8) is 0 Å². The number of carbonyl (C=O) groups is 2. The van der Waals surface area contributed by atoms with E-state index < -0.39 is 11.9 Å². The summed E-state index contributed by atoms with van der Waals surface area (Å²) < 4.78 is 9.01. The molecule has 0 bridgehead atoms. The molecule has 0 fully saturated rings. The van der Waals surface area contributed by atoms with Crippen molar-refractivity contribution < 1.29 is 14.3 Å². The van der Waals surface area contributed by atoms with Gasteiger partial charge in [0.25, 0.3) is 0 Å². The number of nitrogens with two attached hydrogens (primary N) is 1. The monoisotopic (exact) mass is 257 g/mol. The van der Waals surface area contributed by atoms with E-state index >= 15 is 0 Å². The van der Waals surface area contributed by atoms with Gasteiger partial charge in [-0.15, -0.1) is 0 Å². The van der Waals surface area contributed by atoms with Crippen molar-refractivity contribution in [3.8, 4) is 0 Å². The summed E-state index contributed by atoms with van der Waals surface area (Å²) in [4.78, 5) is 22.3. The highest BCUT2D eigenvalue weighted by molar-refractivity contribution is 7.10. The molecule has 6 nitrogen and oxygen atoms in total. The summed E-state index contributed by atoms with van der Waals surface area (Å²) in [5.41, 5.74) is 6.08. The van der Waals surface area contributed by atoms with Crippen LogP contribution >= 0.6 is 11.5 Å². The lowest BCUT2D eigenvalue weighted by Gasteiger charge is -2.05. The van der Waals surface area contributed by atoms with Crippen LogP contribution in [0.2, 0.25) is 0 Å². The summed E-state index contributed by atoms with van der Waals surface area (Å²) in [5.74, 6) is -0.795. The van der Waals surface area contributed by atoms with Crippen molar-refractivity contribution in [2.75, 3.05) is 18.5 Å². The molecule has 0 aliphatic heterocycles. The summed E-state index contributed by atoms with van der Waals surface area (Å²) in [6.45, 7) is 4.17. The fraction of sp³-hybridized carbons (Fsp3) is 0.500. The molecule has 17 heavy (non-hydrogen) atoms. The highest BCUT2D eigenvalue weighted by Gasteiger charge is 2.19. The number of hydrogen-bond acceptors (Lipinski definition) is 6. The van der Waals surface area contributed by atoms with Crippen LogP contribution < -0.4 is 11.1 Å². The molecule has 1 aromatic heterocycles. The number of carbonyl (C=O) groups excluding carboxylic acids is 2. The quantitative estimate of drug-likeness (QED) is 0.739. The number of esters is 1. The zero-order chi connectivity index (χ0) is 12.8. The highest BCUT2D eigenvalue weighted by atomic mass is 32.1. The maximum absolute atomic E-state index is 11.7. The number of nitrogens with zero attached hydrogens (tertiary/aromatic N) is 1. The van der Waals surface area contributed by atoms with Crippen LogP contribution in [0.4, 0.5) is 5.00 Å². The van der Waals surface area contributed by atoms with Gasteiger partial charge >= 0.3 is 5.97 Å². The van der Waals surface area contributed by atoms with Crippen molar-refractivity contribution in [1.82, 2.24) is 4.37 Å². The molecule has 0 aliphatic rings. The number of rotatable bonds is 6. The molecule has 0 unspecified atom stereocenters. The Morgan fingerprint density at radius 3 is 2.82 bits per heavy atom. The molecule has 0 atom stereocenters. The third kappa shape index (κ3) is 3.70. The molecule has 1 rings (SSSR count). The zero-order valence-corrected chi connectivity index (χ0v) is 10.6. The number of anilines is 1. The fourth-order valence-electron chi connectivity index (χ4n) is 1.23. The maximum atomic E-state index is 11.7. The van der Waals surface area contributed by atoms with Gasteiger partial charge in [0, 0.05) is 13.0 Å².